The maximum Gasteiger partial charge on any atom is 0.344 e. The Hall–Kier alpha value is -2.02. The first-order valence-electron chi connectivity index (χ1n) is 4.80. The molecule has 1 atom stereocenters. The van der Waals surface area contributed by atoms with Crippen molar-refractivity contribution in [1.82, 2.24) is 0 Å². The van der Waals surface area contributed by atoms with Gasteiger partial charge in [0.15, 0.2) is 6.10 Å². The Kier molecular flexibility index (Phi) is 7.25. The third-order valence-corrected chi connectivity index (χ3v) is 1.51. The second-order valence-corrected chi connectivity index (χ2v) is 2.79. The van der Waals surface area contributed by atoms with E-state index in [0.29, 0.717) is 6.42 Å². The van der Waals surface area contributed by atoms with Crippen molar-refractivity contribution in [1.29, 1.82) is 0 Å². The predicted octanol–water partition coefficient (Wildman–Crippen LogP) is 1.57. The van der Waals surface area contributed by atoms with Gasteiger partial charge in [0.1, 0.15) is 6.11 Å². The minimum atomic E-state index is -0.641. The topological polar surface area (TPSA) is 52.6 Å². The SMILES string of the molecule is C=CC(=O)OC#CC(CCC)OC(=O)C=C. The van der Waals surface area contributed by atoms with E-state index in [2.05, 4.69) is 29.9 Å². The molecule has 0 heterocycles. The highest BCUT2D eigenvalue weighted by Gasteiger charge is 2.08. The lowest BCUT2D eigenvalue weighted by Crippen LogP contribution is -2.14. The molecule has 0 aromatic carbocycles. The first-order chi connectivity index (χ1) is 7.63. The van der Waals surface area contributed by atoms with E-state index in [-0.39, 0.29) is 0 Å². The van der Waals surface area contributed by atoms with Crippen LogP contribution in [0.3, 0.4) is 0 Å². The van der Waals surface area contributed by atoms with Crippen molar-refractivity contribution in [3.63, 3.8) is 0 Å². The second-order valence-electron chi connectivity index (χ2n) is 2.79. The van der Waals surface area contributed by atoms with Crippen molar-refractivity contribution in [3.05, 3.63) is 25.3 Å². The van der Waals surface area contributed by atoms with Crippen molar-refractivity contribution in [2.24, 2.45) is 0 Å². The molecular formula is C12H14O4. The lowest BCUT2D eigenvalue weighted by atomic mass is 10.2. The molecule has 16 heavy (non-hydrogen) atoms. The highest BCUT2D eigenvalue weighted by molar-refractivity contribution is 5.82. The maximum atomic E-state index is 10.9. The Balaban J connectivity index is 4.30. The van der Waals surface area contributed by atoms with Crippen LogP contribution in [0, 0.1) is 12.0 Å². The molecule has 0 radical (unpaired) electrons. The zero-order valence-corrected chi connectivity index (χ0v) is 9.19. The average Bonchev–Trinajstić information content (AvgIpc) is 2.28. The largest absolute Gasteiger partial charge is 0.446 e. The van der Waals surface area contributed by atoms with Crippen molar-refractivity contribution in [2.45, 2.75) is 25.9 Å². The van der Waals surface area contributed by atoms with Gasteiger partial charge < -0.3 is 9.47 Å². The van der Waals surface area contributed by atoms with Gasteiger partial charge >= 0.3 is 11.9 Å². The van der Waals surface area contributed by atoms with Crippen molar-refractivity contribution >= 4 is 11.9 Å². The summed E-state index contributed by atoms with van der Waals surface area (Å²) in [6.07, 6.45) is 4.99. The minimum Gasteiger partial charge on any atom is -0.446 e. The summed E-state index contributed by atoms with van der Waals surface area (Å²) in [5, 5.41) is 0. The summed E-state index contributed by atoms with van der Waals surface area (Å²) in [6, 6.07) is 0. The molecule has 0 spiro atoms. The number of hydrogen-bond acceptors (Lipinski definition) is 4. The van der Waals surface area contributed by atoms with Gasteiger partial charge in [-0.1, -0.05) is 26.5 Å². The van der Waals surface area contributed by atoms with E-state index in [9.17, 15) is 9.59 Å². The molecular weight excluding hydrogens is 208 g/mol. The van der Waals surface area contributed by atoms with Crippen LogP contribution >= 0.6 is 0 Å². The standard InChI is InChI=1S/C12H14O4/c1-4-7-10(16-12(14)6-3)8-9-15-11(13)5-2/h5-6,10H,2-4,7H2,1H3. The summed E-state index contributed by atoms with van der Waals surface area (Å²) in [7, 11) is 0. The Morgan fingerprint density at radius 1 is 1.31 bits per heavy atom. The Labute approximate surface area is 94.9 Å². The fourth-order valence-electron chi connectivity index (χ4n) is 0.798. The van der Waals surface area contributed by atoms with Gasteiger partial charge in [-0.2, -0.15) is 0 Å². The molecule has 0 amide bonds. The van der Waals surface area contributed by atoms with Crippen LogP contribution in [0.2, 0.25) is 0 Å². The Morgan fingerprint density at radius 2 is 1.94 bits per heavy atom. The molecule has 0 aliphatic carbocycles. The molecule has 0 saturated heterocycles. The lowest BCUT2D eigenvalue weighted by molar-refractivity contribution is -0.140. The summed E-state index contributed by atoms with van der Waals surface area (Å²) in [5.41, 5.74) is 0. The molecule has 0 fully saturated rings. The van der Waals surface area contributed by atoms with Gasteiger partial charge in [-0.3, -0.25) is 0 Å². The van der Waals surface area contributed by atoms with Gasteiger partial charge in [-0.25, -0.2) is 9.59 Å². The van der Waals surface area contributed by atoms with E-state index in [4.69, 9.17) is 4.74 Å². The quantitative estimate of drug-likeness (QED) is 0.402. The van der Waals surface area contributed by atoms with E-state index in [1.54, 1.807) is 0 Å². The summed E-state index contributed by atoms with van der Waals surface area (Å²) < 4.78 is 9.36. The molecule has 0 bridgehead atoms. The molecule has 0 aromatic heterocycles. The highest BCUT2D eigenvalue weighted by atomic mass is 16.5. The molecule has 0 N–H and O–H groups in total. The molecule has 1 unspecified atom stereocenters. The Morgan fingerprint density at radius 3 is 2.44 bits per heavy atom. The predicted molar refractivity (Wildman–Crippen MR) is 59.1 cm³/mol. The highest BCUT2D eigenvalue weighted by Crippen LogP contribution is 2.01. The van der Waals surface area contributed by atoms with E-state index in [1.165, 1.54) is 0 Å². The van der Waals surface area contributed by atoms with Crippen LogP contribution in [-0.2, 0) is 19.1 Å². The fourth-order valence-corrected chi connectivity index (χ4v) is 0.798. The van der Waals surface area contributed by atoms with Crippen LogP contribution in [-0.4, -0.2) is 18.0 Å². The molecule has 0 rings (SSSR count). The third kappa shape index (κ3) is 6.44. The summed E-state index contributed by atoms with van der Waals surface area (Å²) >= 11 is 0. The summed E-state index contributed by atoms with van der Waals surface area (Å²) in [5.74, 6) is 1.33. The third-order valence-electron chi connectivity index (χ3n) is 1.51. The van der Waals surface area contributed by atoms with E-state index < -0.39 is 18.0 Å². The number of carbonyl (C=O) groups is 2. The molecule has 0 aliphatic heterocycles. The van der Waals surface area contributed by atoms with Gasteiger partial charge in [0.05, 0.1) is 0 Å². The smallest absolute Gasteiger partial charge is 0.344 e. The summed E-state index contributed by atoms with van der Waals surface area (Å²) in [6.45, 7) is 8.41. The number of esters is 2. The van der Waals surface area contributed by atoms with Gasteiger partial charge in [0.25, 0.3) is 0 Å². The first kappa shape index (κ1) is 14.0. The number of carbonyl (C=O) groups excluding carboxylic acids is 2. The Bertz CT molecular complexity index is 333. The molecule has 0 aromatic rings. The molecule has 4 heteroatoms. The van der Waals surface area contributed by atoms with E-state index >= 15 is 0 Å². The number of hydrogen-bond donors (Lipinski definition) is 0. The number of ether oxygens (including phenoxy) is 2. The van der Waals surface area contributed by atoms with Crippen LogP contribution in [0.5, 0.6) is 0 Å². The van der Waals surface area contributed by atoms with Crippen LogP contribution in [0.15, 0.2) is 25.3 Å². The zero-order chi connectivity index (χ0) is 12.4. The van der Waals surface area contributed by atoms with Crippen LogP contribution in [0.1, 0.15) is 19.8 Å². The van der Waals surface area contributed by atoms with Crippen LogP contribution in [0.4, 0.5) is 0 Å². The number of rotatable bonds is 5. The van der Waals surface area contributed by atoms with Gasteiger partial charge in [-0.05, 0) is 12.3 Å². The van der Waals surface area contributed by atoms with Gasteiger partial charge in [-0.15, -0.1) is 0 Å². The van der Waals surface area contributed by atoms with Gasteiger partial charge in [0.2, 0.25) is 0 Å². The van der Waals surface area contributed by atoms with E-state index in [1.807, 2.05) is 6.92 Å². The minimum absolute atomic E-state index is 0.553. The van der Waals surface area contributed by atoms with Crippen molar-refractivity contribution < 1.29 is 19.1 Å². The molecule has 0 aliphatic rings. The van der Waals surface area contributed by atoms with Crippen molar-refractivity contribution in [3.8, 4) is 12.0 Å². The normalized spacial score (nSPS) is 10.3. The second kappa shape index (κ2) is 8.30. The van der Waals surface area contributed by atoms with Crippen LogP contribution < -0.4 is 0 Å². The average molecular weight is 222 g/mol. The zero-order valence-electron chi connectivity index (χ0n) is 9.19. The monoisotopic (exact) mass is 222 g/mol. The van der Waals surface area contributed by atoms with E-state index in [0.717, 1.165) is 18.6 Å². The van der Waals surface area contributed by atoms with Gasteiger partial charge in [0, 0.05) is 12.2 Å². The molecule has 86 valence electrons. The molecule has 4 nitrogen and oxygen atoms in total. The lowest BCUT2D eigenvalue weighted by Gasteiger charge is -2.08. The maximum absolute atomic E-state index is 10.9. The fraction of sp³-hybridized carbons (Fsp3) is 0.333. The molecule has 0 saturated carbocycles. The van der Waals surface area contributed by atoms with Crippen LogP contribution in [0.25, 0.3) is 0 Å². The summed E-state index contributed by atoms with van der Waals surface area (Å²) in [4.78, 5) is 21.6. The first-order valence-corrected chi connectivity index (χ1v) is 4.80. The van der Waals surface area contributed by atoms with Crippen molar-refractivity contribution in [2.75, 3.05) is 0 Å².